The molecule has 1 aliphatic heterocycles. The molecular formula is C26H30ClN5O4. The monoisotopic (exact) mass is 511 g/mol. The first kappa shape index (κ1) is 24.4. The van der Waals surface area contributed by atoms with Gasteiger partial charge in [0.25, 0.3) is 5.91 Å². The third-order valence-corrected chi connectivity index (χ3v) is 8.10. The number of aromatic amines is 1. The SMILES string of the molecule is COc1cc(Cl)c2[nH]c(C(=O)N[C@@H](CC3(C)CC3)C(=O)N[C@H](C#N)C[C@@H]3CC4(CC4)NC3=O)cc2c1. The lowest BCUT2D eigenvalue weighted by atomic mass is 9.95. The molecule has 2 aromatic rings. The summed E-state index contributed by atoms with van der Waals surface area (Å²) in [6.07, 6.45) is 5.31. The summed E-state index contributed by atoms with van der Waals surface area (Å²) >= 11 is 6.32. The van der Waals surface area contributed by atoms with Gasteiger partial charge in [-0.15, -0.1) is 0 Å². The van der Waals surface area contributed by atoms with Crippen LogP contribution in [0, 0.1) is 22.7 Å². The van der Waals surface area contributed by atoms with E-state index in [4.69, 9.17) is 16.3 Å². The Kier molecular flexibility index (Phi) is 6.11. The van der Waals surface area contributed by atoms with E-state index in [-0.39, 0.29) is 34.9 Å². The number of carbonyl (C=O) groups excluding carboxylic acids is 3. The molecule has 2 saturated carbocycles. The van der Waals surface area contributed by atoms with Gasteiger partial charge in [-0.25, -0.2) is 0 Å². The van der Waals surface area contributed by atoms with E-state index in [2.05, 4.69) is 33.9 Å². The highest BCUT2D eigenvalue weighted by Crippen LogP contribution is 2.49. The number of nitriles is 1. The zero-order chi connectivity index (χ0) is 25.7. The van der Waals surface area contributed by atoms with Crippen LogP contribution in [0.2, 0.25) is 5.02 Å². The van der Waals surface area contributed by atoms with Crippen molar-refractivity contribution in [3.63, 3.8) is 0 Å². The molecule has 0 radical (unpaired) electrons. The lowest BCUT2D eigenvalue weighted by Gasteiger charge is -2.23. The molecule has 3 fully saturated rings. The predicted octanol–water partition coefficient (Wildman–Crippen LogP) is 3.19. The Morgan fingerprint density at radius 2 is 2.00 bits per heavy atom. The number of nitrogens with zero attached hydrogens (tertiary/aromatic N) is 1. The third kappa shape index (κ3) is 5.00. The number of aromatic nitrogens is 1. The van der Waals surface area contributed by atoms with Crippen LogP contribution in [0.25, 0.3) is 10.9 Å². The maximum Gasteiger partial charge on any atom is 0.268 e. The number of ether oxygens (including phenoxy) is 1. The minimum atomic E-state index is -0.815. The number of amides is 3. The van der Waals surface area contributed by atoms with Gasteiger partial charge in [0.05, 0.1) is 23.7 Å². The second-order valence-electron chi connectivity index (χ2n) is 10.9. The number of rotatable bonds is 9. The van der Waals surface area contributed by atoms with E-state index in [9.17, 15) is 19.6 Å². The second kappa shape index (κ2) is 9.00. The number of H-pyrrole nitrogens is 1. The lowest BCUT2D eigenvalue weighted by Crippen LogP contribution is -2.50. The smallest absolute Gasteiger partial charge is 0.268 e. The van der Waals surface area contributed by atoms with Crippen molar-refractivity contribution in [2.24, 2.45) is 11.3 Å². The van der Waals surface area contributed by atoms with Gasteiger partial charge in [-0.1, -0.05) is 18.5 Å². The van der Waals surface area contributed by atoms with Gasteiger partial charge in [-0.3, -0.25) is 14.4 Å². The van der Waals surface area contributed by atoms with Crippen molar-refractivity contribution in [2.45, 2.75) is 69.5 Å². The molecule has 0 bridgehead atoms. The van der Waals surface area contributed by atoms with Gasteiger partial charge in [-0.05, 0) is 62.5 Å². The largest absolute Gasteiger partial charge is 0.497 e. The van der Waals surface area contributed by atoms with Gasteiger partial charge in [0, 0.05) is 22.9 Å². The highest BCUT2D eigenvalue weighted by molar-refractivity contribution is 6.35. The number of benzene rings is 1. The Labute approximate surface area is 214 Å². The minimum absolute atomic E-state index is 0.0295. The first-order valence-electron chi connectivity index (χ1n) is 12.3. The van der Waals surface area contributed by atoms with E-state index in [0.29, 0.717) is 34.5 Å². The summed E-state index contributed by atoms with van der Waals surface area (Å²) in [6, 6.07) is 5.59. The normalized spacial score (nSPS) is 22.4. The van der Waals surface area contributed by atoms with Crippen LogP contribution >= 0.6 is 11.6 Å². The van der Waals surface area contributed by atoms with Crippen molar-refractivity contribution >= 4 is 40.2 Å². The lowest BCUT2D eigenvalue weighted by molar-refractivity contribution is -0.125. The van der Waals surface area contributed by atoms with Crippen LogP contribution < -0.4 is 20.7 Å². The molecule has 190 valence electrons. The zero-order valence-electron chi connectivity index (χ0n) is 20.4. The second-order valence-corrected chi connectivity index (χ2v) is 11.3. The Balaban J connectivity index is 1.28. The van der Waals surface area contributed by atoms with Crippen molar-refractivity contribution in [2.75, 3.05) is 7.11 Å². The molecule has 36 heavy (non-hydrogen) atoms. The molecule has 4 N–H and O–H groups in total. The fourth-order valence-electron chi connectivity index (χ4n) is 5.12. The molecule has 1 spiro atoms. The number of hydrogen-bond donors (Lipinski definition) is 4. The maximum absolute atomic E-state index is 13.3. The van der Waals surface area contributed by atoms with Gasteiger partial charge in [0.15, 0.2) is 0 Å². The van der Waals surface area contributed by atoms with Crippen LogP contribution in [0.5, 0.6) is 5.75 Å². The Bertz CT molecular complexity index is 1270. The van der Waals surface area contributed by atoms with E-state index in [1.807, 2.05) is 0 Å². The van der Waals surface area contributed by atoms with Crippen LogP contribution in [-0.2, 0) is 9.59 Å². The molecule has 10 heteroatoms. The summed E-state index contributed by atoms with van der Waals surface area (Å²) in [5.41, 5.74) is 0.756. The molecule has 0 unspecified atom stereocenters. The van der Waals surface area contributed by atoms with E-state index in [1.165, 1.54) is 7.11 Å². The van der Waals surface area contributed by atoms with E-state index in [0.717, 1.165) is 25.7 Å². The van der Waals surface area contributed by atoms with E-state index < -0.39 is 23.9 Å². The number of hydrogen-bond acceptors (Lipinski definition) is 5. The fraction of sp³-hybridized carbons (Fsp3) is 0.538. The standard InChI is InChI=1S/C26H30ClN5O4/c1-25(3-4-25)12-20(24(35)29-16(13-28)7-15-11-26(5-6-26)32-22(15)33)31-23(34)19-9-14-8-17(36-2)10-18(27)21(14)30-19/h8-10,15-16,20,30H,3-7,11-12H2,1-2H3,(H,29,35)(H,31,34)(H,32,33)/t15-,16+,20+/m1/s1. The third-order valence-electron chi connectivity index (χ3n) is 7.80. The van der Waals surface area contributed by atoms with Gasteiger partial charge >= 0.3 is 0 Å². The minimum Gasteiger partial charge on any atom is -0.497 e. The Morgan fingerprint density at radius 3 is 2.61 bits per heavy atom. The summed E-state index contributed by atoms with van der Waals surface area (Å²) < 4.78 is 5.24. The van der Waals surface area contributed by atoms with Crippen LogP contribution in [0.3, 0.4) is 0 Å². The van der Waals surface area contributed by atoms with Gasteiger partial charge < -0.3 is 25.7 Å². The van der Waals surface area contributed by atoms with Crippen molar-refractivity contribution in [1.82, 2.24) is 20.9 Å². The Hall–Kier alpha value is -3.25. The van der Waals surface area contributed by atoms with Gasteiger partial charge in [0.2, 0.25) is 11.8 Å². The summed E-state index contributed by atoms with van der Waals surface area (Å²) in [6.45, 7) is 2.08. The fourth-order valence-corrected chi connectivity index (χ4v) is 5.38. The average molecular weight is 512 g/mol. The van der Waals surface area contributed by atoms with Crippen LogP contribution in [0.1, 0.15) is 62.4 Å². The molecule has 1 aromatic heterocycles. The Morgan fingerprint density at radius 1 is 1.25 bits per heavy atom. The van der Waals surface area contributed by atoms with Crippen LogP contribution in [-0.4, -0.2) is 47.4 Å². The number of halogens is 1. The molecule has 3 aliphatic rings. The predicted molar refractivity (Wildman–Crippen MR) is 133 cm³/mol. The molecule has 1 saturated heterocycles. The van der Waals surface area contributed by atoms with Crippen molar-refractivity contribution in [3.8, 4) is 11.8 Å². The first-order chi connectivity index (χ1) is 17.1. The number of nitrogens with one attached hydrogen (secondary N) is 4. The topological polar surface area (TPSA) is 136 Å². The maximum atomic E-state index is 13.3. The van der Waals surface area contributed by atoms with Crippen molar-refractivity contribution in [1.29, 1.82) is 5.26 Å². The average Bonchev–Trinajstić information content (AvgIpc) is 3.68. The molecule has 3 atom stereocenters. The van der Waals surface area contributed by atoms with Crippen LogP contribution in [0.15, 0.2) is 18.2 Å². The molecule has 3 amide bonds. The summed E-state index contributed by atoms with van der Waals surface area (Å²) in [7, 11) is 1.54. The molecule has 1 aromatic carbocycles. The molecule has 5 rings (SSSR count). The van der Waals surface area contributed by atoms with E-state index in [1.54, 1.807) is 18.2 Å². The molecular weight excluding hydrogens is 482 g/mol. The summed E-state index contributed by atoms with van der Waals surface area (Å²) in [5, 5.41) is 19.5. The van der Waals surface area contributed by atoms with Crippen molar-refractivity contribution < 1.29 is 19.1 Å². The van der Waals surface area contributed by atoms with Gasteiger partial charge in [0.1, 0.15) is 23.5 Å². The number of carbonyl (C=O) groups is 3. The highest BCUT2D eigenvalue weighted by atomic mass is 35.5. The number of fused-ring (bicyclic) bond motifs is 1. The van der Waals surface area contributed by atoms with Crippen LogP contribution in [0.4, 0.5) is 0 Å². The quantitative estimate of drug-likeness (QED) is 0.410. The molecule has 2 heterocycles. The summed E-state index contributed by atoms with van der Waals surface area (Å²) in [4.78, 5) is 41.8. The molecule has 2 aliphatic carbocycles. The first-order valence-corrected chi connectivity index (χ1v) is 12.7. The summed E-state index contributed by atoms with van der Waals surface area (Å²) in [5.74, 6) is -0.627. The molecule has 9 nitrogen and oxygen atoms in total. The highest BCUT2D eigenvalue weighted by Gasteiger charge is 2.52. The van der Waals surface area contributed by atoms with Gasteiger partial charge in [-0.2, -0.15) is 5.26 Å². The van der Waals surface area contributed by atoms with Crippen molar-refractivity contribution in [3.05, 3.63) is 28.9 Å². The zero-order valence-corrected chi connectivity index (χ0v) is 21.1. The number of methoxy groups -OCH3 is 1. The van der Waals surface area contributed by atoms with E-state index >= 15 is 0 Å².